The number of aryl methyl sites for hydroxylation is 3. The fourth-order valence-electron chi connectivity index (χ4n) is 3.76. The van der Waals surface area contributed by atoms with Gasteiger partial charge < -0.3 is 0 Å². The summed E-state index contributed by atoms with van der Waals surface area (Å²) in [6.45, 7) is 6.63. The lowest BCUT2D eigenvalue weighted by Crippen LogP contribution is -2.09. The average molecular weight is 441 g/mol. The smallest absolute Gasteiger partial charge is 0.0251 e. The Morgan fingerprint density at radius 2 is 1.52 bits per heavy atom. The van der Waals surface area contributed by atoms with Crippen LogP contribution < -0.4 is 0 Å². The number of benzene rings is 3. The van der Waals surface area contributed by atoms with Gasteiger partial charge in [0.05, 0.1) is 0 Å². The van der Waals surface area contributed by atoms with E-state index in [0.717, 1.165) is 6.42 Å². The summed E-state index contributed by atoms with van der Waals surface area (Å²) >= 11 is -0.635. The molecular weight excluding hydrogens is 417 g/mol. The van der Waals surface area contributed by atoms with Gasteiger partial charge in [-0.2, -0.15) is 0 Å². The fraction of sp³-hybridized carbons (Fsp3) is 0.217. The summed E-state index contributed by atoms with van der Waals surface area (Å²) < 4.78 is 9.02. The maximum atomic E-state index is 7.83. The molecule has 1 unspecified atom stereocenters. The van der Waals surface area contributed by atoms with Crippen molar-refractivity contribution in [2.75, 3.05) is 0 Å². The Morgan fingerprint density at radius 1 is 0.840 bits per heavy atom. The number of nitrogens with one attached hydrogen (secondary N) is 1. The van der Waals surface area contributed by atoms with Crippen LogP contribution in [0.2, 0.25) is 0 Å². The molecule has 0 aliphatic carbocycles. The highest BCUT2D eigenvalue weighted by molar-refractivity contribution is 14.2. The number of halogens is 1. The van der Waals surface area contributed by atoms with Gasteiger partial charge in [0.25, 0.3) is 0 Å². The molecule has 3 aromatic rings. The molecule has 0 amide bonds. The van der Waals surface area contributed by atoms with Gasteiger partial charge in [0, 0.05) is 30.5 Å². The van der Waals surface area contributed by atoms with Crippen LogP contribution in [0.25, 0.3) is 0 Å². The predicted molar refractivity (Wildman–Crippen MR) is 115 cm³/mol. The summed E-state index contributed by atoms with van der Waals surface area (Å²) in [5, 5.41) is 0. The highest BCUT2D eigenvalue weighted by Gasteiger charge is 2.19. The second-order valence-electron chi connectivity index (χ2n) is 6.70. The van der Waals surface area contributed by atoms with E-state index in [-0.39, 0.29) is 0 Å². The molecule has 0 aliphatic heterocycles. The topological polar surface area (TPSA) is 23.9 Å². The van der Waals surface area contributed by atoms with Crippen LogP contribution in [-0.4, -0.2) is 0 Å². The summed E-state index contributed by atoms with van der Waals surface area (Å²) in [5.41, 5.74) is 8.19. The van der Waals surface area contributed by atoms with Crippen molar-refractivity contribution < 1.29 is 0 Å². The van der Waals surface area contributed by atoms with Crippen LogP contribution in [0.3, 0.4) is 0 Å². The van der Waals surface area contributed by atoms with Crippen LogP contribution in [0, 0.1) is 27.9 Å². The number of rotatable bonds is 5. The maximum Gasteiger partial charge on any atom is 0.0251 e. The fourth-order valence-corrected chi connectivity index (χ4v) is 4.66. The van der Waals surface area contributed by atoms with E-state index in [9.17, 15) is 0 Å². The SMILES string of the molecule is Cc1cc(C)c(C(Cc2ccccc2)c2cccc(I=N)c2)c(C)c1. The van der Waals surface area contributed by atoms with E-state index in [1.807, 2.05) is 0 Å². The summed E-state index contributed by atoms with van der Waals surface area (Å²) in [5.74, 6) is 0.332. The third kappa shape index (κ3) is 4.24. The van der Waals surface area contributed by atoms with Crippen molar-refractivity contribution in [3.8, 4) is 0 Å². The third-order valence-corrected chi connectivity index (χ3v) is 6.02. The second-order valence-corrected chi connectivity index (χ2v) is 8.49. The van der Waals surface area contributed by atoms with E-state index >= 15 is 0 Å². The molecule has 1 nitrogen and oxygen atoms in total. The van der Waals surface area contributed by atoms with Gasteiger partial charge >= 0.3 is 0 Å². The third-order valence-electron chi connectivity index (χ3n) is 4.73. The molecule has 0 aromatic heterocycles. The van der Waals surface area contributed by atoms with E-state index in [1.165, 1.54) is 37.0 Å². The highest BCUT2D eigenvalue weighted by atomic mass is 127. The molecule has 3 rings (SSSR count). The summed E-state index contributed by atoms with van der Waals surface area (Å²) in [6, 6.07) is 24.0. The molecule has 0 radical (unpaired) electrons. The first kappa shape index (κ1) is 18.0. The molecular formula is C23H24IN. The maximum absolute atomic E-state index is 7.83. The van der Waals surface area contributed by atoms with Crippen LogP contribution >= 0.6 is 21.0 Å². The molecule has 1 N–H and O–H groups in total. The second kappa shape index (κ2) is 8.05. The Kier molecular flexibility index (Phi) is 5.79. The van der Waals surface area contributed by atoms with Gasteiger partial charge in [-0.05, 0) is 67.1 Å². The molecule has 0 heterocycles. The Bertz CT molecular complexity index is 861. The van der Waals surface area contributed by atoms with Crippen molar-refractivity contribution in [2.24, 2.45) is 0 Å². The minimum atomic E-state index is -0.635. The first-order chi connectivity index (χ1) is 12.1. The van der Waals surface area contributed by atoms with Gasteiger partial charge in [0.15, 0.2) is 0 Å². The molecule has 25 heavy (non-hydrogen) atoms. The van der Waals surface area contributed by atoms with Gasteiger partial charge in [-0.25, -0.2) is 0 Å². The molecule has 0 saturated carbocycles. The zero-order chi connectivity index (χ0) is 17.8. The number of hydrogen-bond acceptors (Lipinski definition) is 1. The van der Waals surface area contributed by atoms with Crippen molar-refractivity contribution in [1.29, 1.82) is 3.56 Å². The van der Waals surface area contributed by atoms with Crippen LogP contribution in [0.15, 0.2) is 66.7 Å². The molecule has 0 aliphatic rings. The monoisotopic (exact) mass is 441 g/mol. The van der Waals surface area contributed by atoms with E-state index in [4.69, 9.17) is 3.56 Å². The highest BCUT2D eigenvalue weighted by Crippen LogP contribution is 2.34. The van der Waals surface area contributed by atoms with Gasteiger partial charge in [-0.15, -0.1) is 0 Å². The normalized spacial score (nSPS) is 12.1. The van der Waals surface area contributed by atoms with Crippen molar-refractivity contribution in [2.45, 2.75) is 33.1 Å². The van der Waals surface area contributed by atoms with E-state index in [2.05, 4.69) is 87.5 Å². The zero-order valence-electron chi connectivity index (χ0n) is 15.0. The van der Waals surface area contributed by atoms with Gasteiger partial charge in [-0.1, -0.05) is 60.2 Å². The molecule has 0 saturated heterocycles. The Hall–Kier alpha value is -1.81. The van der Waals surface area contributed by atoms with Gasteiger partial charge in [0.1, 0.15) is 0 Å². The van der Waals surface area contributed by atoms with Crippen molar-refractivity contribution in [1.82, 2.24) is 0 Å². The summed E-state index contributed by atoms with van der Waals surface area (Å²) in [7, 11) is 0. The van der Waals surface area contributed by atoms with Crippen LogP contribution in [0.4, 0.5) is 0 Å². The Labute approximate surface area is 161 Å². The van der Waals surface area contributed by atoms with Crippen LogP contribution in [0.5, 0.6) is 0 Å². The molecule has 1 atom stereocenters. The first-order valence-electron chi connectivity index (χ1n) is 8.60. The summed E-state index contributed by atoms with van der Waals surface area (Å²) in [6.07, 6.45) is 0.991. The largest absolute Gasteiger partial charge is 0.274 e. The van der Waals surface area contributed by atoms with Gasteiger partial charge in [-0.3, -0.25) is 3.56 Å². The molecule has 0 bridgehead atoms. The quantitative estimate of drug-likeness (QED) is 0.417. The van der Waals surface area contributed by atoms with E-state index in [0.29, 0.717) is 5.92 Å². The predicted octanol–water partition coefficient (Wildman–Crippen LogP) is 6.89. The average Bonchev–Trinajstić information content (AvgIpc) is 2.61. The minimum absolute atomic E-state index is 0.332. The van der Waals surface area contributed by atoms with Crippen molar-refractivity contribution in [3.05, 3.63) is 104 Å². The molecule has 2 heteroatoms. The Balaban J connectivity index is 2.13. The summed E-state index contributed by atoms with van der Waals surface area (Å²) in [4.78, 5) is 0. The van der Waals surface area contributed by atoms with Crippen molar-refractivity contribution in [3.63, 3.8) is 0 Å². The first-order valence-corrected chi connectivity index (χ1v) is 10.8. The Morgan fingerprint density at radius 3 is 2.16 bits per heavy atom. The zero-order valence-corrected chi connectivity index (χ0v) is 17.2. The van der Waals surface area contributed by atoms with E-state index < -0.39 is 21.0 Å². The molecule has 3 aromatic carbocycles. The lowest BCUT2D eigenvalue weighted by Gasteiger charge is -2.23. The van der Waals surface area contributed by atoms with Gasteiger partial charge in [0.2, 0.25) is 0 Å². The minimum Gasteiger partial charge on any atom is -0.274 e. The van der Waals surface area contributed by atoms with E-state index in [1.54, 1.807) is 0 Å². The molecule has 128 valence electrons. The molecule has 0 spiro atoms. The standard InChI is InChI=1S/C23H24IN/c1-16-12-17(2)23(18(3)13-16)22(14-19-8-5-4-6-9-19)20-10-7-11-21(15-20)24-25/h4-13,15,22,25H,14H2,1-3H3. The molecule has 0 fully saturated rings. The lowest BCUT2D eigenvalue weighted by molar-refractivity contribution is 0.790. The van der Waals surface area contributed by atoms with Crippen LogP contribution in [-0.2, 0) is 6.42 Å². The van der Waals surface area contributed by atoms with Crippen LogP contribution in [0.1, 0.15) is 39.3 Å². The lowest BCUT2D eigenvalue weighted by atomic mass is 9.81. The van der Waals surface area contributed by atoms with Crippen molar-refractivity contribution >= 4 is 21.0 Å². The number of hydrogen-bond donors (Lipinski definition) is 1.